The van der Waals surface area contributed by atoms with E-state index in [9.17, 15) is 0 Å². The molecular formula is C11H24N4O. The second kappa shape index (κ2) is 6.70. The van der Waals surface area contributed by atoms with E-state index in [0.717, 1.165) is 32.6 Å². The molecule has 0 aromatic rings. The number of likely N-dealkylation sites (N-methyl/N-ethyl adjacent to an activating group) is 1. The summed E-state index contributed by atoms with van der Waals surface area (Å²) in [5, 5.41) is 11.4. The van der Waals surface area contributed by atoms with Crippen LogP contribution in [0, 0.1) is 0 Å². The molecule has 0 saturated carbocycles. The zero-order chi connectivity index (χ0) is 12.0. The number of rotatable bonds is 5. The number of nitrogens with two attached hydrogens (primary N) is 1. The van der Waals surface area contributed by atoms with Gasteiger partial charge in [0, 0.05) is 32.1 Å². The topological polar surface area (TPSA) is 65.1 Å². The van der Waals surface area contributed by atoms with E-state index in [1.54, 1.807) is 0 Å². The lowest BCUT2D eigenvalue weighted by atomic mass is 10.1. The molecule has 16 heavy (non-hydrogen) atoms. The summed E-state index contributed by atoms with van der Waals surface area (Å²) >= 11 is 0. The van der Waals surface area contributed by atoms with Crippen molar-refractivity contribution in [2.45, 2.75) is 32.2 Å². The van der Waals surface area contributed by atoms with Gasteiger partial charge in [-0.25, -0.2) is 0 Å². The Morgan fingerprint density at radius 3 is 2.88 bits per heavy atom. The number of amidine groups is 1. The lowest BCUT2D eigenvalue weighted by Gasteiger charge is -2.39. The molecule has 0 radical (unpaired) electrons. The molecule has 1 atom stereocenters. The van der Waals surface area contributed by atoms with Crippen molar-refractivity contribution in [3.8, 4) is 0 Å². The fourth-order valence-corrected chi connectivity index (χ4v) is 2.19. The SMILES string of the molecule is CCC1CN(CCCC(N)=NO)CCN1C. The third kappa shape index (κ3) is 3.98. The predicted molar refractivity (Wildman–Crippen MR) is 65.8 cm³/mol. The number of oxime groups is 1. The Bertz CT molecular complexity index is 232. The van der Waals surface area contributed by atoms with Crippen LogP contribution in [-0.4, -0.2) is 60.1 Å². The molecule has 1 rings (SSSR count). The number of hydrogen-bond acceptors (Lipinski definition) is 4. The van der Waals surface area contributed by atoms with E-state index in [0.29, 0.717) is 18.3 Å². The molecule has 0 aromatic carbocycles. The average molecular weight is 228 g/mol. The monoisotopic (exact) mass is 228 g/mol. The van der Waals surface area contributed by atoms with Crippen LogP contribution in [0.5, 0.6) is 0 Å². The first kappa shape index (κ1) is 13.3. The van der Waals surface area contributed by atoms with Gasteiger partial charge in [0.15, 0.2) is 0 Å². The molecule has 1 unspecified atom stereocenters. The standard InChI is InChI=1S/C11H24N4O/c1-3-10-9-15(8-7-14(10)2)6-4-5-11(12)13-16/h10,16H,3-9H2,1-2H3,(H2,12,13). The van der Waals surface area contributed by atoms with Crippen LogP contribution < -0.4 is 5.73 Å². The molecule has 1 heterocycles. The minimum atomic E-state index is 0.334. The first-order valence-corrected chi connectivity index (χ1v) is 6.06. The summed E-state index contributed by atoms with van der Waals surface area (Å²) < 4.78 is 0. The molecule has 0 spiro atoms. The third-order valence-corrected chi connectivity index (χ3v) is 3.37. The van der Waals surface area contributed by atoms with Crippen LogP contribution in [0.2, 0.25) is 0 Å². The van der Waals surface area contributed by atoms with Gasteiger partial charge in [-0.05, 0) is 26.4 Å². The molecule has 0 bridgehead atoms. The molecule has 1 saturated heterocycles. The van der Waals surface area contributed by atoms with Gasteiger partial charge < -0.3 is 20.7 Å². The summed E-state index contributed by atoms with van der Waals surface area (Å²) in [6, 6.07) is 0.678. The van der Waals surface area contributed by atoms with Gasteiger partial charge in [0.25, 0.3) is 0 Å². The molecule has 0 amide bonds. The van der Waals surface area contributed by atoms with Crippen LogP contribution in [0.4, 0.5) is 0 Å². The van der Waals surface area contributed by atoms with Gasteiger partial charge in [0.2, 0.25) is 0 Å². The summed E-state index contributed by atoms with van der Waals surface area (Å²) in [7, 11) is 2.20. The lowest BCUT2D eigenvalue weighted by molar-refractivity contribution is 0.0928. The molecule has 1 aliphatic rings. The number of hydrogen-bond donors (Lipinski definition) is 2. The van der Waals surface area contributed by atoms with E-state index in [-0.39, 0.29) is 0 Å². The highest BCUT2D eigenvalue weighted by Gasteiger charge is 2.22. The van der Waals surface area contributed by atoms with Gasteiger partial charge >= 0.3 is 0 Å². The molecule has 3 N–H and O–H groups in total. The molecule has 1 aliphatic heterocycles. The third-order valence-electron chi connectivity index (χ3n) is 3.37. The van der Waals surface area contributed by atoms with E-state index in [2.05, 4.69) is 28.9 Å². The van der Waals surface area contributed by atoms with Gasteiger partial charge in [0.05, 0.1) is 0 Å². The van der Waals surface area contributed by atoms with Crippen LogP contribution in [0.15, 0.2) is 5.16 Å². The Morgan fingerprint density at radius 2 is 2.25 bits per heavy atom. The van der Waals surface area contributed by atoms with Crippen LogP contribution >= 0.6 is 0 Å². The zero-order valence-electron chi connectivity index (χ0n) is 10.4. The Hall–Kier alpha value is -0.810. The van der Waals surface area contributed by atoms with Crippen molar-refractivity contribution in [1.29, 1.82) is 0 Å². The predicted octanol–water partition coefficient (Wildman–Crippen LogP) is 0.539. The second-order valence-corrected chi connectivity index (χ2v) is 4.54. The first-order chi connectivity index (χ1) is 7.67. The molecule has 5 heteroatoms. The van der Waals surface area contributed by atoms with Crippen molar-refractivity contribution in [3.05, 3.63) is 0 Å². The fraction of sp³-hybridized carbons (Fsp3) is 0.909. The van der Waals surface area contributed by atoms with Gasteiger partial charge in [-0.3, -0.25) is 0 Å². The van der Waals surface area contributed by atoms with Crippen molar-refractivity contribution in [3.63, 3.8) is 0 Å². The normalized spacial score (nSPS) is 24.9. The summed E-state index contributed by atoms with van der Waals surface area (Å²) in [4.78, 5) is 4.90. The summed E-state index contributed by atoms with van der Waals surface area (Å²) in [6.07, 6.45) is 2.85. The van der Waals surface area contributed by atoms with E-state index in [4.69, 9.17) is 10.9 Å². The Labute approximate surface area is 97.9 Å². The van der Waals surface area contributed by atoms with Crippen LogP contribution in [-0.2, 0) is 0 Å². The maximum absolute atomic E-state index is 8.43. The largest absolute Gasteiger partial charge is 0.409 e. The number of piperazine rings is 1. The Morgan fingerprint density at radius 1 is 1.50 bits per heavy atom. The molecule has 94 valence electrons. The van der Waals surface area contributed by atoms with E-state index in [1.807, 2.05) is 0 Å². The Balaban J connectivity index is 2.23. The molecular weight excluding hydrogens is 204 g/mol. The van der Waals surface area contributed by atoms with Gasteiger partial charge in [0.1, 0.15) is 5.84 Å². The maximum atomic E-state index is 8.43. The van der Waals surface area contributed by atoms with Crippen LogP contribution in [0.3, 0.4) is 0 Å². The zero-order valence-corrected chi connectivity index (χ0v) is 10.4. The highest BCUT2D eigenvalue weighted by Crippen LogP contribution is 2.11. The second-order valence-electron chi connectivity index (χ2n) is 4.54. The van der Waals surface area contributed by atoms with Crippen LogP contribution in [0.25, 0.3) is 0 Å². The smallest absolute Gasteiger partial charge is 0.139 e. The van der Waals surface area contributed by atoms with Crippen molar-refractivity contribution < 1.29 is 5.21 Å². The Kier molecular flexibility index (Phi) is 5.55. The molecule has 5 nitrogen and oxygen atoms in total. The quantitative estimate of drug-likeness (QED) is 0.312. The lowest BCUT2D eigenvalue weighted by Crippen LogP contribution is -2.51. The highest BCUT2D eigenvalue weighted by molar-refractivity contribution is 5.79. The average Bonchev–Trinajstić information content (AvgIpc) is 2.31. The molecule has 1 fully saturated rings. The molecule has 0 aromatic heterocycles. The summed E-state index contributed by atoms with van der Waals surface area (Å²) in [6.45, 7) is 6.69. The van der Waals surface area contributed by atoms with Crippen molar-refractivity contribution in [1.82, 2.24) is 9.80 Å². The van der Waals surface area contributed by atoms with Gasteiger partial charge in [-0.15, -0.1) is 0 Å². The number of nitrogens with zero attached hydrogens (tertiary/aromatic N) is 3. The summed E-state index contributed by atoms with van der Waals surface area (Å²) in [5.74, 6) is 0.334. The fourth-order valence-electron chi connectivity index (χ4n) is 2.19. The van der Waals surface area contributed by atoms with Crippen molar-refractivity contribution >= 4 is 5.84 Å². The van der Waals surface area contributed by atoms with E-state index < -0.39 is 0 Å². The van der Waals surface area contributed by atoms with Crippen molar-refractivity contribution in [2.24, 2.45) is 10.9 Å². The first-order valence-electron chi connectivity index (χ1n) is 6.06. The van der Waals surface area contributed by atoms with Gasteiger partial charge in [-0.2, -0.15) is 0 Å². The minimum Gasteiger partial charge on any atom is -0.409 e. The summed E-state index contributed by atoms with van der Waals surface area (Å²) in [5.41, 5.74) is 5.44. The van der Waals surface area contributed by atoms with Crippen LogP contribution in [0.1, 0.15) is 26.2 Å². The highest BCUT2D eigenvalue weighted by atomic mass is 16.4. The van der Waals surface area contributed by atoms with E-state index >= 15 is 0 Å². The van der Waals surface area contributed by atoms with Gasteiger partial charge in [-0.1, -0.05) is 12.1 Å². The van der Waals surface area contributed by atoms with E-state index in [1.165, 1.54) is 6.42 Å². The minimum absolute atomic E-state index is 0.334. The molecule has 0 aliphatic carbocycles. The maximum Gasteiger partial charge on any atom is 0.139 e. The van der Waals surface area contributed by atoms with Crippen molar-refractivity contribution in [2.75, 3.05) is 33.2 Å².